The molecule has 19 heavy (non-hydrogen) atoms. The summed E-state index contributed by atoms with van der Waals surface area (Å²) in [6.45, 7) is 1.91. The Hall–Kier alpha value is -1.27. The first-order chi connectivity index (χ1) is 9.15. The molecule has 2 aromatic heterocycles. The molecule has 0 spiro atoms. The van der Waals surface area contributed by atoms with Crippen LogP contribution in [0.5, 0.6) is 0 Å². The third kappa shape index (κ3) is 4.40. The van der Waals surface area contributed by atoms with Crippen molar-refractivity contribution in [1.82, 2.24) is 9.78 Å². The van der Waals surface area contributed by atoms with Gasteiger partial charge in [0, 0.05) is 18.0 Å². The molecule has 4 nitrogen and oxygen atoms in total. The van der Waals surface area contributed by atoms with Crippen LogP contribution < -0.4 is 5.32 Å². The highest BCUT2D eigenvalue weighted by Gasteiger charge is 2.07. The van der Waals surface area contributed by atoms with E-state index in [-0.39, 0.29) is 5.91 Å². The second kappa shape index (κ2) is 6.77. The van der Waals surface area contributed by atoms with E-state index in [1.807, 2.05) is 20.0 Å². The van der Waals surface area contributed by atoms with Crippen LogP contribution in [0, 0.1) is 6.92 Å². The lowest BCUT2D eigenvalue weighted by Crippen LogP contribution is -2.16. The van der Waals surface area contributed by atoms with E-state index in [4.69, 9.17) is 0 Å². The number of nitrogens with one attached hydrogen (secondary N) is 1. The molecule has 6 heteroatoms. The van der Waals surface area contributed by atoms with E-state index >= 15 is 0 Å². The Balaban J connectivity index is 1.68. The summed E-state index contributed by atoms with van der Waals surface area (Å²) in [4.78, 5) is 13.1. The number of carbonyl (C=O) groups excluding carboxylic acids is 1. The van der Waals surface area contributed by atoms with E-state index in [2.05, 4.69) is 27.9 Å². The Labute approximate surface area is 121 Å². The van der Waals surface area contributed by atoms with Crippen molar-refractivity contribution >= 4 is 34.8 Å². The molecule has 0 aliphatic rings. The highest BCUT2D eigenvalue weighted by molar-refractivity contribution is 7.99. The highest BCUT2D eigenvalue weighted by atomic mass is 32.2. The van der Waals surface area contributed by atoms with Crippen LogP contribution in [0.1, 0.15) is 10.6 Å². The van der Waals surface area contributed by atoms with Crippen molar-refractivity contribution in [1.29, 1.82) is 0 Å². The smallest absolute Gasteiger partial charge is 0.235 e. The molecule has 102 valence electrons. The molecule has 0 saturated carbocycles. The number of hydrogen-bond donors (Lipinski definition) is 1. The van der Waals surface area contributed by atoms with E-state index in [1.54, 1.807) is 27.8 Å². The van der Waals surface area contributed by atoms with Crippen molar-refractivity contribution < 1.29 is 4.79 Å². The van der Waals surface area contributed by atoms with Crippen molar-refractivity contribution in [2.24, 2.45) is 7.05 Å². The van der Waals surface area contributed by atoms with Crippen LogP contribution in [-0.2, 0) is 18.3 Å². The molecule has 0 aliphatic heterocycles. The van der Waals surface area contributed by atoms with Gasteiger partial charge in [0.15, 0.2) is 0 Å². The maximum absolute atomic E-state index is 11.8. The normalized spacial score (nSPS) is 10.6. The van der Waals surface area contributed by atoms with Gasteiger partial charge in [0.2, 0.25) is 5.91 Å². The number of aryl methyl sites for hydroxylation is 3. The van der Waals surface area contributed by atoms with Gasteiger partial charge in [0.05, 0.1) is 11.4 Å². The molecule has 0 aromatic carbocycles. The molecule has 0 atom stereocenters. The van der Waals surface area contributed by atoms with Gasteiger partial charge in [0.25, 0.3) is 0 Å². The van der Waals surface area contributed by atoms with Gasteiger partial charge in [-0.25, -0.2) is 0 Å². The molecule has 0 radical (unpaired) electrons. The summed E-state index contributed by atoms with van der Waals surface area (Å²) >= 11 is 3.42. The lowest BCUT2D eigenvalue weighted by molar-refractivity contribution is -0.113. The summed E-state index contributed by atoms with van der Waals surface area (Å²) in [6, 6.07) is 6.06. The summed E-state index contributed by atoms with van der Waals surface area (Å²) in [5.74, 6) is 2.23. The average molecular weight is 295 g/mol. The van der Waals surface area contributed by atoms with Gasteiger partial charge in [0.1, 0.15) is 5.82 Å². The van der Waals surface area contributed by atoms with Crippen LogP contribution in [0.3, 0.4) is 0 Å². The van der Waals surface area contributed by atoms with Gasteiger partial charge in [-0.05, 0) is 30.5 Å². The van der Waals surface area contributed by atoms with Crippen molar-refractivity contribution in [2.45, 2.75) is 13.3 Å². The number of aromatic nitrogens is 2. The first-order valence-electron chi connectivity index (χ1n) is 6.06. The lowest BCUT2D eigenvalue weighted by Gasteiger charge is -2.04. The molecular formula is C13H17N3OS2. The first-order valence-corrected chi connectivity index (χ1v) is 8.09. The van der Waals surface area contributed by atoms with Crippen LogP contribution in [0.15, 0.2) is 23.6 Å². The van der Waals surface area contributed by atoms with Gasteiger partial charge >= 0.3 is 0 Å². The van der Waals surface area contributed by atoms with Crippen molar-refractivity contribution in [2.75, 3.05) is 16.8 Å². The molecular weight excluding hydrogens is 278 g/mol. The molecule has 0 unspecified atom stereocenters. The highest BCUT2D eigenvalue weighted by Crippen LogP contribution is 2.13. The molecule has 0 saturated heterocycles. The van der Waals surface area contributed by atoms with Crippen molar-refractivity contribution in [3.05, 3.63) is 34.2 Å². The van der Waals surface area contributed by atoms with Crippen LogP contribution in [0.4, 0.5) is 5.82 Å². The fourth-order valence-electron chi connectivity index (χ4n) is 1.70. The van der Waals surface area contributed by atoms with E-state index in [0.717, 1.165) is 23.7 Å². The zero-order valence-corrected chi connectivity index (χ0v) is 12.7. The zero-order valence-electron chi connectivity index (χ0n) is 11.0. The van der Waals surface area contributed by atoms with Gasteiger partial charge in [-0.1, -0.05) is 6.07 Å². The van der Waals surface area contributed by atoms with Crippen molar-refractivity contribution in [3.63, 3.8) is 0 Å². The Morgan fingerprint density at radius 3 is 3.05 bits per heavy atom. The molecule has 2 heterocycles. The molecule has 2 aromatic rings. The largest absolute Gasteiger partial charge is 0.310 e. The first kappa shape index (κ1) is 14.1. The van der Waals surface area contributed by atoms with E-state index in [1.165, 1.54) is 4.88 Å². The number of rotatable bonds is 6. The Morgan fingerprint density at radius 1 is 1.58 bits per heavy atom. The minimum absolute atomic E-state index is 0.0270. The van der Waals surface area contributed by atoms with E-state index < -0.39 is 0 Å². The number of nitrogens with zero attached hydrogens (tertiary/aromatic N) is 2. The third-order valence-electron chi connectivity index (χ3n) is 2.58. The fourth-order valence-corrected chi connectivity index (χ4v) is 3.30. The van der Waals surface area contributed by atoms with Gasteiger partial charge in [-0.3, -0.25) is 9.48 Å². The third-order valence-corrected chi connectivity index (χ3v) is 4.47. The van der Waals surface area contributed by atoms with Crippen molar-refractivity contribution in [3.8, 4) is 0 Å². The molecule has 2 rings (SSSR count). The van der Waals surface area contributed by atoms with Crippen LogP contribution in [-0.4, -0.2) is 27.2 Å². The monoisotopic (exact) mass is 295 g/mol. The number of carbonyl (C=O) groups is 1. The average Bonchev–Trinajstić information content (AvgIpc) is 2.96. The predicted molar refractivity (Wildman–Crippen MR) is 81.9 cm³/mol. The topological polar surface area (TPSA) is 46.9 Å². The summed E-state index contributed by atoms with van der Waals surface area (Å²) < 4.78 is 1.68. The van der Waals surface area contributed by atoms with Gasteiger partial charge in [-0.2, -0.15) is 16.9 Å². The zero-order chi connectivity index (χ0) is 13.7. The minimum Gasteiger partial charge on any atom is -0.310 e. The quantitative estimate of drug-likeness (QED) is 0.834. The molecule has 0 aliphatic carbocycles. The summed E-state index contributed by atoms with van der Waals surface area (Å²) in [6.07, 6.45) is 1.03. The Morgan fingerprint density at radius 2 is 2.42 bits per heavy atom. The number of thioether (sulfide) groups is 1. The summed E-state index contributed by atoms with van der Waals surface area (Å²) in [5, 5.41) is 9.14. The number of hydrogen-bond acceptors (Lipinski definition) is 4. The molecule has 0 fully saturated rings. The van der Waals surface area contributed by atoms with Crippen LogP contribution >= 0.6 is 23.1 Å². The number of amides is 1. The maximum Gasteiger partial charge on any atom is 0.235 e. The molecule has 1 N–H and O–H groups in total. The Bertz CT molecular complexity index is 534. The van der Waals surface area contributed by atoms with Crippen LogP contribution in [0.25, 0.3) is 0 Å². The lowest BCUT2D eigenvalue weighted by atomic mass is 10.4. The predicted octanol–water partition coefficient (Wildman–Crippen LogP) is 2.70. The van der Waals surface area contributed by atoms with E-state index in [0.29, 0.717) is 5.75 Å². The second-order valence-electron chi connectivity index (χ2n) is 4.22. The number of thiophene rings is 1. The Kier molecular flexibility index (Phi) is 5.04. The minimum atomic E-state index is 0.0270. The summed E-state index contributed by atoms with van der Waals surface area (Å²) in [7, 11) is 1.83. The van der Waals surface area contributed by atoms with Crippen LogP contribution in [0.2, 0.25) is 0 Å². The summed E-state index contributed by atoms with van der Waals surface area (Å²) in [5.41, 5.74) is 0.906. The van der Waals surface area contributed by atoms with E-state index in [9.17, 15) is 4.79 Å². The fraction of sp³-hybridized carbons (Fsp3) is 0.385. The molecule has 0 bridgehead atoms. The number of anilines is 1. The maximum atomic E-state index is 11.8. The van der Waals surface area contributed by atoms with Gasteiger partial charge < -0.3 is 5.32 Å². The standard InChI is InChI=1S/C13H17N3OS2/c1-10-8-12(16(2)15-10)14-13(17)9-18-7-5-11-4-3-6-19-11/h3-4,6,8H,5,7,9H2,1-2H3,(H,14,17). The molecule has 1 amide bonds. The van der Waals surface area contributed by atoms with Gasteiger partial charge in [-0.15, -0.1) is 11.3 Å². The SMILES string of the molecule is Cc1cc(NC(=O)CSCCc2cccs2)n(C)n1. The second-order valence-corrected chi connectivity index (χ2v) is 6.36.